The average molecular weight is 448 g/mol. The molecule has 3 aromatic rings. The number of benzene rings is 2. The van der Waals surface area contributed by atoms with Crippen molar-refractivity contribution < 1.29 is 22.3 Å². The van der Waals surface area contributed by atoms with Gasteiger partial charge in [-0.05, 0) is 49.4 Å². The average Bonchev–Trinajstić information content (AvgIpc) is 3.15. The van der Waals surface area contributed by atoms with Gasteiger partial charge >= 0.3 is 0 Å². The molecule has 2 aromatic carbocycles. The van der Waals surface area contributed by atoms with Gasteiger partial charge in [0, 0.05) is 17.9 Å². The molecule has 0 saturated heterocycles. The molecule has 156 valence electrons. The van der Waals surface area contributed by atoms with Gasteiger partial charge in [-0.2, -0.15) is 0 Å². The summed E-state index contributed by atoms with van der Waals surface area (Å²) in [5, 5.41) is 1.87. The molecule has 0 spiro atoms. The lowest BCUT2D eigenvalue weighted by molar-refractivity contribution is -0.117. The first-order valence-corrected chi connectivity index (χ1v) is 11.4. The maximum Gasteiger partial charge on any atom is 0.263 e. The molecule has 1 aromatic heterocycles. The maximum atomic E-state index is 13.1. The molecule has 1 unspecified atom stereocenters. The van der Waals surface area contributed by atoms with E-state index in [9.17, 15) is 17.6 Å². The summed E-state index contributed by atoms with van der Waals surface area (Å²) in [6, 6.07) is 10.2. The molecule has 1 aliphatic rings. The summed E-state index contributed by atoms with van der Waals surface area (Å²) < 4.78 is 47.0. The van der Waals surface area contributed by atoms with Crippen molar-refractivity contribution in [1.29, 1.82) is 0 Å². The normalized spacial score (nSPS) is 16.0. The third-order valence-corrected chi connectivity index (χ3v) is 6.77. The number of hydrogen-bond donors (Lipinski definition) is 1. The van der Waals surface area contributed by atoms with Crippen LogP contribution in [0.1, 0.15) is 13.8 Å². The van der Waals surface area contributed by atoms with Crippen LogP contribution < -0.4 is 14.4 Å². The fraction of sp³-hybridized carbons (Fsp3) is 0.200. The minimum absolute atomic E-state index is 0.0100. The third kappa shape index (κ3) is 4.01. The highest BCUT2D eigenvalue weighted by atomic mass is 32.2. The van der Waals surface area contributed by atoms with Gasteiger partial charge in [-0.15, -0.1) is 11.3 Å². The van der Waals surface area contributed by atoms with Crippen LogP contribution in [0.25, 0.3) is 11.3 Å². The van der Waals surface area contributed by atoms with Crippen molar-refractivity contribution in [3.63, 3.8) is 0 Å². The molecular formula is C20H18FN3O4S2. The van der Waals surface area contributed by atoms with E-state index in [1.165, 1.54) is 36.1 Å². The van der Waals surface area contributed by atoms with Crippen LogP contribution in [0, 0.1) is 5.82 Å². The number of fused-ring (bicyclic) bond motifs is 1. The summed E-state index contributed by atoms with van der Waals surface area (Å²) in [7, 11) is -3.94. The maximum absolute atomic E-state index is 13.1. The van der Waals surface area contributed by atoms with E-state index < -0.39 is 10.0 Å². The van der Waals surface area contributed by atoms with E-state index >= 15 is 0 Å². The minimum Gasteiger partial charge on any atom is -0.487 e. The van der Waals surface area contributed by atoms with Crippen molar-refractivity contribution in [3.05, 3.63) is 53.7 Å². The largest absolute Gasteiger partial charge is 0.487 e. The van der Waals surface area contributed by atoms with Crippen molar-refractivity contribution in [1.82, 2.24) is 4.98 Å². The Morgan fingerprint density at radius 1 is 1.27 bits per heavy atom. The highest BCUT2D eigenvalue weighted by Crippen LogP contribution is 2.36. The Morgan fingerprint density at radius 3 is 2.70 bits per heavy atom. The lowest BCUT2D eigenvalue weighted by atomic mass is 10.2. The van der Waals surface area contributed by atoms with Crippen molar-refractivity contribution in [2.45, 2.75) is 24.8 Å². The van der Waals surface area contributed by atoms with Gasteiger partial charge in [0.05, 0.1) is 22.8 Å². The number of anilines is 2. The Balaban J connectivity index is 1.61. The van der Waals surface area contributed by atoms with Gasteiger partial charge in [-0.3, -0.25) is 9.52 Å². The molecule has 0 fully saturated rings. The molecule has 2 heterocycles. The zero-order valence-corrected chi connectivity index (χ0v) is 17.8. The lowest BCUT2D eigenvalue weighted by Crippen LogP contribution is -2.41. The Kier molecular flexibility index (Phi) is 5.20. The molecule has 0 bridgehead atoms. The van der Waals surface area contributed by atoms with Gasteiger partial charge in [-0.25, -0.2) is 17.8 Å². The number of thiazole rings is 1. The molecule has 1 aliphatic heterocycles. The van der Waals surface area contributed by atoms with Crippen molar-refractivity contribution in [2.24, 2.45) is 0 Å². The predicted molar refractivity (Wildman–Crippen MR) is 113 cm³/mol. The van der Waals surface area contributed by atoms with Crippen LogP contribution >= 0.6 is 11.3 Å². The summed E-state index contributed by atoms with van der Waals surface area (Å²) in [6.45, 7) is 3.60. The number of carbonyl (C=O) groups excluding carboxylic acids is 1. The number of nitrogens with zero attached hydrogens (tertiary/aromatic N) is 2. The van der Waals surface area contributed by atoms with E-state index in [4.69, 9.17) is 4.74 Å². The first kappa shape index (κ1) is 20.3. The van der Waals surface area contributed by atoms with Crippen molar-refractivity contribution in [3.8, 4) is 17.0 Å². The highest BCUT2D eigenvalue weighted by Gasteiger charge is 2.28. The number of sulfonamides is 1. The second-order valence-corrected chi connectivity index (χ2v) is 9.38. The lowest BCUT2D eigenvalue weighted by Gasteiger charge is -2.33. The SMILES string of the molecule is CC(=O)N1CC(C)Oc2ccc(S(=O)(=O)Nc3nc(-c4ccc(F)cc4)cs3)cc21. The number of carbonyl (C=O) groups is 1. The number of halogens is 1. The molecular weight excluding hydrogens is 429 g/mol. The van der Waals surface area contributed by atoms with Gasteiger partial charge < -0.3 is 9.64 Å². The Hall–Kier alpha value is -2.98. The predicted octanol–water partition coefficient (Wildman–Crippen LogP) is 3.88. The summed E-state index contributed by atoms with van der Waals surface area (Å²) in [5.41, 5.74) is 1.62. The second-order valence-electron chi connectivity index (χ2n) is 6.84. The smallest absolute Gasteiger partial charge is 0.263 e. The highest BCUT2D eigenvalue weighted by molar-refractivity contribution is 7.93. The molecule has 0 aliphatic carbocycles. The van der Waals surface area contributed by atoms with Gasteiger partial charge in [0.1, 0.15) is 17.7 Å². The van der Waals surface area contributed by atoms with Crippen LogP contribution in [-0.2, 0) is 14.8 Å². The van der Waals surface area contributed by atoms with Crippen LogP contribution in [0.3, 0.4) is 0 Å². The summed E-state index contributed by atoms with van der Waals surface area (Å²) in [6.07, 6.45) is -0.192. The molecule has 1 N–H and O–H groups in total. The number of amides is 1. The fourth-order valence-electron chi connectivity index (χ4n) is 3.13. The molecule has 7 nitrogen and oxygen atoms in total. The Labute approximate surface area is 177 Å². The van der Waals surface area contributed by atoms with E-state index in [0.717, 1.165) is 11.3 Å². The van der Waals surface area contributed by atoms with Crippen LogP contribution in [0.15, 0.2) is 52.7 Å². The summed E-state index contributed by atoms with van der Waals surface area (Å²) >= 11 is 1.12. The number of hydrogen-bond acceptors (Lipinski definition) is 6. The molecule has 10 heteroatoms. The Morgan fingerprint density at radius 2 is 2.00 bits per heavy atom. The monoisotopic (exact) mass is 447 g/mol. The standard InChI is InChI=1S/C20H18FN3O4S2/c1-12-10-24(13(2)25)18-9-16(7-8-19(18)28-12)30(26,27)23-20-22-17(11-29-20)14-3-5-15(21)6-4-14/h3-9,11-12H,10H2,1-2H3,(H,22,23). The molecule has 1 amide bonds. The first-order valence-electron chi connectivity index (χ1n) is 9.06. The zero-order chi connectivity index (χ0) is 21.5. The van der Waals surface area contributed by atoms with Crippen LogP contribution in [0.2, 0.25) is 0 Å². The van der Waals surface area contributed by atoms with E-state index in [-0.39, 0.29) is 27.9 Å². The van der Waals surface area contributed by atoms with Crippen molar-refractivity contribution >= 4 is 38.1 Å². The first-order chi connectivity index (χ1) is 14.2. The molecule has 30 heavy (non-hydrogen) atoms. The van der Waals surface area contributed by atoms with Gasteiger partial charge in [0.2, 0.25) is 5.91 Å². The van der Waals surface area contributed by atoms with Crippen molar-refractivity contribution in [2.75, 3.05) is 16.2 Å². The van der Waals surface area contributed by atoms with Crippen LogP contribution in [-0.4, -0.2) is 32.0 Å². The van der Waals surface area contributed by atoms with Gasteiger partial charge in [-0.1, -0.05) is 0 Å². The van der Waals surface area contributed by atoms with E-state index in [1.54, 1.807) is 23.6 Å². The molecule has 0 radical (unpaired) electrons. The topological polar surface area (TPSA) is 88.6 Å². The second kappa shape index (κ2) is 7.69. The van der Waals surface area contributed by atoms with Crippen LogP contribution in [0.5, 0.6) is 5.75 Å². The Bertz CT molecular complexity index is 1210. The molecule has 1 atom stereocenters. The number of ether oxygens (including phenoxy) is 1. The van der Waals surface area contributed by atoms with Gasteiger partial charge in [0.25, 0.3) is 10.0 Å². The third-order valence-electron chi connectivity index (χ3n) is 4.55. The number of nitrogens with one attached hydrogen (secondary N) is 1. The molecule has 4 rings (SSSR count). The van der Waals surface area contributed by atoms with Gasteiger partial charge in [0.15, 0.2) is 5.13 Å². The quantitative estimate of drug-likeness (QED) is 0.656. The fourth-order valence-corrected chi connectivity index (χ4v) is 5.12. The zero-order valence-electron chi connectivity index (χ0n) is 16.1. The molecule has 0 saturated carbocycles. The number of rotatable bonds is 4. The summed E-state index contributed by atoms with van der Waals surface area (Å²) in [5.74, 6) is -0.103. The summed E-state index contributed by atoms with van der Waals surface area (Å²) in [4.78, 5) is 17.8. The minimum atomic E-state index is -3.94. The van der Waals surface area contributed by atoms with Crippen LogP contribution in [0.4, 0.5) is 15.2 Å². The number of aromatic nitrogens is 1. The van der Waals surface area contributed by atoms with E-state index in [0.29, 0.717) is 29.2 Å². The van der Waals surface area contributed by atoms with E-state index in [1.807, 2.05) is 6.92 Å². The van der Waals surface area contributed by atoms with E-state index in [2.05, 4.69) is 9.71 Å².